The fraction of sp³-hybridized carbons (Fsp3) is 0.286. The summed E-state index contributed by atoms with van der Waals surface area (Å²) in [5.41, 5.74) is -0.434. The molecule has 20 heavy (non-hydrogen) atoms. The maximum atomic E-state index is 12.0. The van der Waals surface area contributed by atoms with Crippen LogP contribution in [-0.4, -0.2) is 22.3 Å². The molecule has 0 N–H and O–H groups in total. The minimum atomic E-state index is -1.09. The summed E-state index contributed by atoms with van der Waals surface area (Å²) in [6, 6.07) is 5.82. The first-order valence-electron chi connectivity index (χ1n) is 6.09. The van der Waals surface area contributed by atoms with Crippen molar-refractivity contribution in [2.75, 3.05) is 0 Å². The lowest BCUT2D eigenvalue weighted by molar-refractivity contribution is -0.384. The van der Waals surface area contributed by atoms with Gasteiger partial charge < -0.3 is 4.74 Å². The number of carbonyl (C=O) groups excluding carboxylic acids is 2. The molecule has 0 spiro atoms. The van der Waals surface area contributed by atoms with Crippen molar-refractivity contribution in [3.05, 3.63) is 46.0 Å². The van der Waals surface area contributed by atoms with E-state index in [2.05, 4.69) is 0 Å². The Kier molecular flexibility index (Phi) is 3.65. The van der Waals surface area contributed by atoms with Gasteiger partial charge in [0.2, 0.25) is 0 Å². The summed E-state index contributed by atoms with van der Waals surface area (Å²) in [6.07, 6.45) is 3.49. The van der Waals surface area contributed by atoms with Crippen molar-refractivity contribution in [3.8, 4) is 0 Å². The van der Waals surface area contributed by atoms with Crippen LogP contribution in [-0.2, 0) is 14.3 Å². The largest absolute Gasteiger partial charge is 0.451 e. The molecule has 0 radical (unpaired) electrons. The average molecular weight is 275 g/mol. The van der Waals surface area contributed by atoms with Gasteiger partial charge in [0.25, 0.3) is 5.69 Å². The number of ketones is 1. The predicted molar refractivity (Wildman–Crippen MR) is 70.9 cm³/mol. The van der Waals surface area contributed by atoms with Gasteiger partial charge in [0.05, 0.1) is 4.92 Å². The van der Waals surface area contributed by atoms with Gasteiger partial charge in [-0.2, -0.15) is 0 Å². The lowest BCUT2D eigenvalue weighted by Crippen LogP contribution is -2.33. The fourth-order valence-corrected chi connectivity index (χ4v) is 1.92. The molecule has 0 unspecified atom stereocenters. The van der Waals surface area contributed by atoms with Gasteiger partial charge in [-0.25, -0.2) is 0 Å². The smallest absolute Gasteiger partial charge is 0.306 e. The molecular formula is C14H13NO5. The zero-order chi connectivity index (χ0) is 14.8. The SMILES string of the molecule is C[C@]1(C(=O)/C=C/c2ccc([N+](=O)[O-])cc2)CCC(=O)O1. The van der Waals surface area contributed by atoms with Gasteiger partial charge in [-0.3, -0.25) is 19.7 Å². The second-order valence-electron chi connectivity index (χ2n) is 4.75. The standard InChI is InChI=1S/C14H13NO5/c1-14(9-8-13(17)20-14)12(16)7-4-10-2-5-11(6-3-10)15(18)19/h2-7H,8-9H2,1H3/b7-4+/t14-/m1/s1. The molecule has 1 aliphatic rings. The van der Waals surface area contributed by atoms with E-state index in [0.29, 0.717) is 12.0 Å². The van der Waals surface area contributed by atoms with E-state index >= 15 is 0 Å². The molecule has 6 nitrogen and oxygen atoms in total. The van der Waals surface area contributed by atoms with Crippen molar-refractivity contribution in [1.82, 2.24) is 0 Å². The topological polar surface area (TPSA) is 86.5 Å². The second kappa shape index (κ2) is 5.24. The van der Waals surface area contributed by atoms with Crippen molar-refractivity contribution in [1.29, 1.82) is 0 Å². The maximum Gasteiger partial charge on any atom is 0.306 e. The molecule has 1 atom stereocenters. The molecule has 104 valence electrons. The van der Waals surface area contributed by atoms with Crippen molar-refractivity contribution >= 4 is 23.5 Å². The van der Waals surface area contributed by atoms with E-state index in [0.717, 1.165) is 0 Å². The number of esters is 1. The molecule has 1 aromatic carbocycles. The highest BCUT2D eigenvalue weighted by atomic mass is 16.6. The van der Waals surface area contributed by atoms with Crippen LogP contribution in [0.25, 0.3) is 6.08 Å². The molecule has 2 rings (SSSR count). The fourth-order valence-electron chi connectivity index (χ4n) is 1.92. The van der Waals surface area contributed by atoms with Crippen LogP contribution in [0.5, 0.6) is 0 Å². The summed E-state index contributed by atoms with van der Waals surface area (Å²) in [5, 5.41) is 10.5. The van der Waals surface area contributed by atoms with Crippen LogP contribution >= 0.6 is 0 Å². The van der Waals surface area contributed by atoms with Crippen LogP contribution in [0.15, 0.2) is 30.3 Å². The van der Waals surface area contributed by atoms with Gasteiger partial charge in [-0.15, -0.1) is 0 Å². The van der Waals surface area contributed by atoms with E-state index in [9.17, 15) is 19.7 Å². The number of cyclic esters (lactones) is 1. The maximum absolute atomic E-state index is 12.0. The van der Waals surface area contributed by atoms with Crippen molar-refractivity contribution < 1.29 is 19.2 Å². The molecule has 1 aliphatic heterocycles. The molecule has 6 heteroatoms. The van der Waals surface area contributed by atoms with E-state index < -0.39 is 10.5 Å². The number of carbonyl (C=O) groups is 2. The van der Waals surface area contributed by atoms with Gasteiger partial charge in [0, 0.05) is 25.0 Å². The van der Waals surface area contributed by atoms with Crippen molar-refractivity contribution in [2.45, 2.75) is 25.4 Å². The molecule has 1 heterocycles. The summed E-state index contributed by atoms with van der Waals surface area (Å²) in [7, 11) is 0. The summed E-state index contributed by atoms with van der Waals surface area (Å²) < 4.78 is 5.02. The van der Waals surface area contributed by atoms with Gasteiger partial charge in [-0.05, 0) is 30.7 Å². The molecule has 0 aromatic heterocycles. The third-order valence-electron chi connectivity index (χ3n) is 3.20. The van der Waals surface area contributed by atoms with Gasteiger partial charge in [0.1, 0.15) is 0 Å². The van der Waals surface area contributed by atoms with E-state index in [1.165, 1.54) is 18.2 Å². The summed E-state index contributed by atoms with van der Waals surface area (Å²) in [4.78, 5) is 33.1. The first kappa shape index (κ1) is 13.9. The minimum Gasteiger partial charge on any atom is -0.451 e. The number of benzene rings is 1. The first-order valence-corrected chi connectivity index (χ1v) is 6.09. The first-order chi connectivity index (χ1) is 9.40. The van der Waals surface area contributed by atoms with Crippen molar-refractivity contribution in [3.63, 3.8) is 0 Å². The van der Waals surface area contributed by atoms with Crippen LogP contribution in [0, 0.1) is 10.1 Å². The number of hydrogen-bond donors (Lipinski definition) is 0. The average Bonchev–Trinajstić information content (AvgIpc) is 2.77. The minimum absolute atomic E-state index is 0.00911. The van der Waals surface area contributed by atoms with Gasteiger partial charge in [-0.1, -0.05) is 6.08 Å². The third kappa shape index (κ3) is 2.90. The summed E-state index contributed by atoms with van der Waals surface area (Å²) in [6.45, 7) is 1.58. The van der Waals surface area contributed by atoms with Gasteiger partial charge in [0.15, 0.2) is 11.4 Å². The molecular weight excluding hydrogens is 262 g/mol. The Morgan fingerprint density at radius 3 is 2.55 bits per heavy atom. The lowest BCUT2D eigenvalue weighted by atomic mass is 9.96. The number of non-ortho nitro benzene ring substituents is 1. The Morgan fingerprint density at radius 1 is 1.40 bits per heavy atom. The van der Waals surface area contributed by atoms with Crippen LogP contribution in [0.1, 0.15) is 25.3 Å². The number of nitro benzene ring substituents is 1. The van der Waals surface area contributed by atoms with Crippen LogP contribution < -0.4 is 0 Å². The third-order valence-corrected chi connectivity index (χ3v) is 3.20. The Balaban J connectivity index is 2.07. The van der Waals surface area contributed by atoms with E-state index in [1.54, 1.807) is 25.1 Å². The lowest BCUT2D eigenvalue weighted by Gasteiger charge is -2.18. The molecule has 0 amide bonds. The number of hydrogen-bond acceptors (Lipinski definition) is 5. The van der Waals surface area contributed by atoms with Crippen LogP contribution in [0.3, 0.4) is 0 Å². The molecule has 1 aromatic rings. The number of nitro groups is 1. The van der Waals surface area contributed by atoms with E-state index in [4.69, 9.17) is 4.74 Å². The van der Waals surface area contributed by atoms with Crippen molar-refractivity contribution in [2.24, 2.45) is 0 Å². The Labute approximate surface area is 115 Å². The van der Waals surface area contributed by atoms with E-state index in [1.807, 2.05) is 0 Å². The highest BCUT2D eigenvalue weighted by molar-refractivity contribution is 6.02. The quantitative estimate of drug-likeness (QED) is 0.364. The molecule has 0 aliphatic carbocycles. The highest BCUT2D eigenvalue weighted by Gasteiger charge is 2.41. The molecule has 1 saturated heterocycles. The number of rotatable bonds is 4. The molecule has 1 fully saturated rings. The van der Waals surface area contributed by atoms with Crippen LogP contribution in [0.2, 0.25) is 0 Å². The Hall–Kier alpha value is -2.50. The molecule has 0 bridgehead atoms. The van der Waals surface area contributed by atoms with Gasteiger partial charge >= 0.3 is 5.97 Å². The number of ether oxygens (including phenoxy) is 1. The second-order valence-corrected chi connectivity index (χ2v) is 4.75. The van der Waals surface area contributed by atoms with Crippen LogP contribution in [0.4, 0.5) is 5.69 Å². The summed E-state index contributed by atoms with van der Waals surface area (Å²) in [5.74, 6) is -0.661. The van der Waals surface area contributed by atoms with E-state index in [-0.39, 0.29) is 23.9 Å². The Morgan fingerprint density at radius 2 is 2.05 bits per heavy atom. The highest BCUT2D eigenvalue weighted by Crippen LogP contribution is 2.27. The zero-order valence-electron chi connectivity index (χ0n) is 10.9. The summed E-state index contributed by atoms with van der Waals surface area (Å²) >= 11 is 0. The molecule has 0 saturated carbocycles. The number of nitrogens with zero attached hydrogens (tertiary/aromatic N) is 1. The normalized spacial score (nSPS) is 21.9. The monoisotopic (exact) mass is 275 g/mol. The Bertz CT molecular complexity index is 590. The zero-order valence-corrected chi connectivity index (χ0v) is 10.9. The predicted octanol–water partition coefficient (Wildman–Crippen LogP) is 2.27.